The lowest BCUT2D eigenvalue weighted by Crippen LogP contribution is -2.04. The molecule has 1 aromatic carbocycles. The van der Waals surface area contributed by atoms with E-state index in [1.807, 2.05) is 13.1 Å². The van der Waals surface area contributed by atoms with E-state index in [0.29, 0.717) is 0 Å². The standard InChI is InChI=1S/C13H13FN4S/c1-9-8-18-13(16-9)19-12(17-18)15-7-6-10-2-4-11(14)5-3-10/h2-5,8H,6-7H2,1H3,(H,15,17). The second-order valence-corrected chi connectivity index (χ2v) is 5.28. The Morgan fingerprint density at radius 1 is 1.32 bits per heavy atom. The van der Waals surface area contributed by atoms with Crippen LogP contribution in [0.25, 0.3) is 4.96 Å². The molecule has 4 nitrogen and oxygen atoms in total. The summed E-state index contributed by atoms with van der Waals surface area (Å²) in [6.07, 6.45) is 2.73. The highest BCUT2D eigenvalue weighted by Crippen LogP contribution is 2.18. The summed E-state index contributed by atoms with van der Waals surface area (Å²) in [6.45, 7) is 2.71. The number of aromatic nitrogens is 3. The zero-order chi connectivity index (χ0) is 13.2. The summed E-state index contributed by atoms with van der Waals surface area (Å²) >= 11 is 1.53. The first-order valence-electron chi connectivity index (χ1n) is 6.02. The zero-order valence-electron chi connectivity index (χ0n) is 10.4. The number of imidazole rings is 1. The van der Waals surface area contributed by atoms with Crippen LogP contribution >= 0.6 is 11.3 Å². The second kappa shape index (κ2) is 4.97. The SMILES string of the molecule is Cc1cn2nc(NCCc3ccc(F)cc3)sc2n1. The molecular formula is C13H13FN4S. The molecule has 1 N–H and O–H groups in total. The molecule has 0 spiro atoms. The predicted molar refractivity (Wildman–Crippen MR) is 74.2 cm³/mol. The molecule has 0 saturated heterocycles. The van der Waals surface area contributed by atoms with Crippen molar-refractivity contribution in [3.63, 3.8) is 0 Å². The van der Waals surface area contributed by atoms with E-state index in [1.54, 1.807) is 16.6 Å². The molecule has 19 heavy (non-hydrogen) atoms. The Hall–Kier alpha value is -1.95. The maximum atomic E-state index is 12.8. The molecule has 6 heteroatoms. The number of hydrogen-bond acceptors (Lipinski definition) is 4. The summed E-state index contributed by atoms with van der Waals surface area (Å²) in [5.74, 6) is -0.201. The van der Waals surface area contributed by atoms with Gasteiger partial charge in [-0.2, -0.15) is 0 Å². The third-order valence-corrected chi connectivity index (χ3v) is 3.65. The Morgan fingerprint density at radius 3 is 2.84 bits per heavy atom. The van der Waals surface area contributed by atoms with E-state index in [4.69, 9.17) is 0 Å². The quantitative estimate of drug-likeness (QED) is 0.796. The van der Waals surface area contributed by atoms with E-state index in [2.05, 4.69) is 15.4 Å². The lowest BCUT2D eigenvalue weighted by atomic mass is 10.1. The molecule has 98 valence electrons. The summed E-state index contributed by atoms with van der Waals surface area (Å²) in [6, 6.07) is 6.56. The van der Waals surface area contributed by atoms with E-state index in [1.165, 1.54) is 23.5 Å². The molecule has 0 atom stereocenters. The first-order valence-corrected chi connectivity index (χ1v) is 6.83. The van der Waals surface area contributed by atoms with Gasteiger partial charge in [0.25, 0.3) is 0 Å². The topological polar surface area (TPSA) is 42.2 Å². The van der Waals surface area contributed by atoms with Gasteiger partial charge in [-0.1, -0.05) is 23.5 Å². The van der Waals surface area contributed by atoms with Crippen LogP contribution in [-0.4, -0.2) is 21.1 Å². The van der Waals surface area contributed by atoms with Crippen LogP contribution in [0.5, 0.6) is 0 Å². The van der Waals surface area contributed by atoms with Crippen LogP contribution in [-0.2, 0) is 6.42 Å². The van der Waals surface area contributed by atoms with Crippen molar-refractivity contribution < 1.29 is 4.39 Å². The van der Waals surface area contributed by atoms with Gasteiger partial charge in [0.1, 0.15) is 5.82 Å². The van der Waals surface area contributed by atoms with Crippen molar-refractivity contribution in [1.29, 1.82) is 0 Å². The van der Waals surface area contributed by atoms with Gasteiger partial charge in [-0.05, 0) is 31.0 Å². The Bertz CT molecular complexity index is 655. The van der Waals surface area contributed by atoms with Crippen LogP contribution in [0.4, 0.5) is 9.52 Å². The number of aryl methyl sites for hydroxylation is 1. The van der Waals surface area contributed by atoms with Crippen LogP contribution in [0.3, 0.4) is 0 Å². The minimum atomic E-state index is -0.201. The van der Waals surface area contributed by atoms with Crippen LogP contribution in [0.15, 0.2) is 30.5 Å². The van der Waals surface area contributed by atoms with Crippen molar-refractivity contribution in [1.82, 2.24) is 14.6 Å². The molecule has 0 fully saturated rings. The van der Waals surface area contributed by atoms with E-state index in [0.717, 1.165) is 34.3 Å². The average molecular weight is 276 g/mol. The average Bonchev–Trinajstić information content (AvgIpc) is 2.88. The fourth-order valence-corrected chi connectivity index (χ4v) is 2.70. The van der Waals surface area contributed by atoms with E-state index >= 15 is 0 Å². The van der Waals surface area contributed by atoms with Crippen molar-refractivity contribution in [2.24, 2.45) is 0 Å². The number of nitrogens with one attached hydrogen (secondary N) is 1. The van der Waals surface area contributed by atoms with Gasteiger partial charge in [0.05, 0.1) is 11.9 Å². The smallest absolute Gasteiger partial charge is 0.214 e. The van der Waals surface area contributed by atoms with Crippen LogP contribution in [0.1, 0.15) is 11.3 Å². The lowest BCUT2D eigenvalue weighted by Gasteiger charge is -2.02. The van der Waals surface area contributed by atoms with Gasteiger partial charge in [0.15, 0.2) is 0 Å². The molecule has 0 radical (unpaired) electrons. The fourth-order valence-electron chi connectivity index (χ4n) is 1.85. The van der Waals surface area contributed by atoms with E-state index < -0.39 is 0 Å². The number of fused-ring (bicyclic) bond motifs is 1. The van der Waals surface area contributed by atoms with Crippen molar-refractivity contribution in [2.45, 2.75) is 13.3 Å². The minimum absolute atomic E-state index is 0.201. The predicted octanol–water partition coefficient (Wildman–Crippen LogP) is 2.89. The molecule has 0 aliphatic carbocycles. The zero-order valence-corrected chi connectivity index (χ0v) is 11.2. The summed E-state index contributed by atoms with van der Waals surface area (Å²) in [4.78, 5) is 5.24. The molecule has 0 unspecified atom stereocenters. The largest absolute Gasteiger partial charge is 0.360 e. The third kappa shape index (κ3) is 2.73. The van der Waals surface area contributed by atoms with Crippen LogP contribution in [0.2, 0.25) is 0 Å². The minimum Gasteiger partial charge on any atom is -0.360 e. The first-order chi connectivity index (χ1) is 9.20. The maximum absolute atomic E-state index is 12.8. The maximum Gasteiger partial charge on any atom is 0.214 e. The Kier molecular flexibility index (Phi) is 3.16. The number of anilines is 1. The summed E-state index contributed by atoms with van der Waals surface area (Å²) in [7, 11) is 0. The molecule has 2 aromatic heterocycles. The van der Waals surface area contributed by atoms with Gasteiger partial charge in [0.2, 0.25) is 10.1 Å². The van der Waals surface area contributed by atoms with Gasteiger partial charge in [-0.25, -0.2) is 13.9 Å². The summed E-state index contributed by atoms with van der Waals surface area (Å²) < 4.78 is 14.5. The molecule has 0 aliphatic rings. The van der Waals surface area contributed by atoms with Crippen molar-refractivity contribution in [3.8, 4) is 0 Å². The molecule has 0 aliphatic heterocycles. The van der Waals surface area contributed by atoms with Crippen molar-refractivity contribution >= 4 is 21.4 Å². The monoisotopic (exact) mass is 276 g/mol. The van der Waals surface area contributed by atoms with Crippen molar-refractivity contribution in [3.05, 3.63) is 47.5 Å². The highest BCUT2D eigenvalue weighted by molar-refractivity contribution is 7.20. The number of hydrogen-bond donors (Lipinski definition) is 1. The molecule has 3 aromatic rings. The Morgan fingerprint density at radius 2 is 2.11 bits per heavy atom. The van der Waals surface area contributed by atoms with Gasteiger partial charge < -0.3 is 5.32 Å². The lowest BCUT2D eigenvalue weighted by molar-refractivity contribution is 0.627. The van der Waals surface area contributed by atoms with Gasteiger partial charge in [0, 0.05) is 6.54 Å². The molecule has 3 rings (SSSR count). The highest BCUT2D eigenvalue weighted by atomic mass is 32.1. The highest BCUT2D eigenvalue weighted by Gasteiger charge is 2.05. The Labute approximate surface area is 113 Å². The second-order valence-electron chi connectivity index (χ2n) is 4.32. The molecule has 2 heterocycles. The number of nitrogens with zero attached hydrogens (tertiary/aromatic N) is 3. The molecular weight excluding hydrogens is 263 g/mol. The van der Waals surface area contributed by atoms with E-state index in [9.17, 15) is 4.39 Å². The van der Waals surface area contributed by atoms with Gasteiger partial charge >= 0.3 is 0 Å². The van der Waals surface area contributed by atoms with Gasteiger partial charge in [-0.15, -0.1) is 5.10 Å². The fraction of sp³-hybridized carbons (Fsp3) is 0.231. The number of halogens is 1. The third-order valence-electron chi connectivity index (χ3n) is 2.77. The Balaban J connectivity index is 1.59. The summed E-state index contributed by atoms with van der Waals surface area (Å²) in [5, 5.41) is 8.49. The first kappa shape index (κ1) is 12.1. The number of benzene rings is 1. The van der Waals surface area contributed by atoms with Crippen molar-refractivity contribution in [2.75, 3.05) is 11.9 Å². The normalized spacial score (nSPS) is 11.1. The van der Waals surface area contributed by atoms with Crippen LogP contribution < -0.4 is 5.32 Å². The molecule has 0 bridgehead atoms. The molecule has 0 saturated carbocycles. The van der Waals surface area contributed by atoms with Gasteiger partial charge in [-0.3, -0.25) is 0 Å². The number of rotatable bonds is 4. The van der Waals surface area contributed by atoms with Crippen LogP contribution in [0, 0.1) is 12.7 Å². The summed E-state index contributed by atoms with van der Waals surface area (Å²) in [5.41, 5.74) is 2.07. The van der Waals surface area contributed by atoms with E-state index in [-0.39, 0.29) is 5.82 Å². The molecule has 0 amide bonds.